The standard InChI is InChI=1S/C16H22N2O2/c1-11-4-6-18(14(8-11)10-17)16(19)13-2-3-15-12(9-13)5-7-20-15/h2-3,9,11,14H,4-8,10,17H2,1H3. The molecule has 0 bridgehead atoms. The van der Waals surface area contributed by atoms with Crippen LogP contribution in [0, 0.1) is 5.92 Å². The largest absolute Gasteiger partial charge is 0.493 e. The zero-order valence-electron chi connectivity index (χ0n) is 12.0. The molecular weight excluding hydrogens is 252 g/mol. The van der Waals surface area contributed by atoms with E-state index in [1.54, 1.807) is 0 Å². The quantitative estimate of drug-likeness (QED) is 0.895. The van der Waals surface area contributed by atoms with Gasteiger partial charge in [0.2, 0.25) is 0 Å². The van der Waals surface area contributed by atoms with Crippen molar-refractivity contribution < 1.29 is 9.53 Å². The predicted octanol–water partition coefficient (Wildman–Crippen LogP) is 1.82. The van der Waals surface area contributed by atoms with Crippen LogP contribution >= 0.6 is 0 Å². The molecular formula is C16H22N2O2. The summed E-state index contributed by atoms with van der Waals surface area (Å²) < 4.78 is 5.49. The Bertz CT molecular complexity index is 515. The highest BCUT2D eigenvalue weighted by Gasteiger charge is 2.30. The van der Waals surface area contributed by atoms with E-state index in [2.05, 4.69) is 6.92 Å². The molecule has 2 heterocycles. The number of fused-ring (bicyclic) bond motifs is 1. The Labute approximate surface area is 119 Å². The Kier molecular flexibility index (Phi) is 3.66. The molecule has 3 rings (SSSR count). The summed E-state index contributed by atoms with van der Waals surface area (Å²) in [5.74, 6) is 1.69. The van der Waals surface area contributed by atoms with Gasteiger partial charge in [0.1, 0.15) is 5.75 Å². The summed E-state index contributed by atoms with van der Waals surface area (Å²) in [5, 5.41) is 0. The fourth-order valence-electron chi connectivity index (χ4n) is 3.23. The summed E-state index contributed by atoms with van der Waals surface area (Å²) in [5.41, 5.74) is 7.76. The first kappa shape index (κ1) is 13.4. The van der Waals surface area contributed by atoms with E-state index in [0.717, 1.165) is 49.3 Å². The molecule has 4 heteroatoms. The molecule has 20 heavy (non-hydrogen) atoms. The molecule has 0 radical (unpaired) electrons. The molecule has 1 aromatic carbocycles. The van der Waals surface area contributed by atoms with Gasteiger partial charge in [0.15, 0.2) is 0 Å². The number of likely N-dealkylation sites (tertiary alicyclic amines) is 1. The molecule has 4 nitrogen and oxygen atoms in total. The highest BCUT2D eigenvalue weighted by Crippen LogP contribution is 2.28. The van der Waals surface area contributed by atoms with E-state index < -0.39 is 0 Å². The summed E-state index contributed by atoms with van der Waals surface area (Å²) >= 11 is 0. The first-order valence-corrected chi connectivity index (χ1v) is 7.46. The van der Waals surface area contributed by atoms with Gasteiger partial charge in [-0.2, -0.15) is 0 Å². The maximum atomic E-state index is 12.7. The van der Waals surface area contributed by atoms with Crippen molar-refractivity contribution in [1.29, 1.82) is 0 Å². The lowest BCUT2D eigenvalue weighted by Crippen LogP contribution is -2.49. The molecule has 0 saturated carbocycles. The van der Waals surface area contributed by atoms with Crippen LogP contribution in [0.1, 0.15) is 35.7 Å². The minimum absolute atomic E-state index is 0.113. The minimum atomic E-state index is 0.113. The van der Waals surface area contributed by atoms with Gasteiger partial charge in [-0.25, -0.2) is 0 Å². The van der Waals surface area contributed by atoms with Gasteiger partial charge in [0.25, 0.3) is 5.91 Å². The number of amides is 1. The van der Waals surface area contributed by atoms with Crippen molar-refractivity contribution in [1.82, 2.24) is 4.90 Å². The number of hydrogen-bond donors (Lipinski definition) is 1. The van der Waals surface area contributed by atoms with E-state index in [1.807, 2.05) is 23.1 Å². The van der Waals surface area contributed by atoms with E-state index in [-0.39, 0.29) is 11.9 Å². The lowest BCUT2D eigenvalue weighted by molar-refractivity contribution is 0.0573. The van der Waals surface area contributed by atoms with E-state index in [4.69, 9.17) is 10.5 Å². The molecule has 0 aromatic heterocycles. The van der Waals surface area contributed by atoms with Gasteiger partial charge in [-0.3, -0.25) is 4.79 Å². The van der Waals surface area contributed by atoms with Crippen LogP contribution in [0.4, 0.5) is 0 Å². The van der Waals surface area contributed by atoms with Gasteiger partial charge in [-0.1, -0.05) is 6.92 Å². The zero-order valence-corrected chi connectivity index (χ0v) is 12.0. The third-order valence-electron chi connectivity index (χ3n) is 4.45. The van der Waals surface area contributed by atoms with Crippen LogP contribution in [0.25, 0.3) is 0 Å². The molecule has 2 atom stereocenters. The maximum Gasteiger partial charge on any atom is 0.254 e. The molecule has 108 valence electrons. The van der Waals surface area contributed by atoms with Crippen LogP contribution in [-0.2, 0) is 6.42 Å². The Morgan fingerprint density at radius 2 is 2.35 bits per heavy atom. The highest BCUT2D eigenvalue weighted by atomic mass is 16.5. The highest BCUT2D eigenvalue weighted by molar-refractivity contribution is 5.95. The topological polar surface area (TPSA) is 55.6 Å². The molecule has 1 aromatic rings. The van der Waals surface area contributed by atoms with E-state index in [9.17, 15) is 4.79 Å². The molecule has 1 amide bonds. The van der Waals surface area contributed by atoms with Gasteiger partial charge in [-0.15, -0.1) is 0 Å². The van der Waals surface area contributed by atoms with Gasteiger partial charge >= 0.3 is 0 Å². The average Bonchev–Trinajstić information content (AvgIpc) is 2.93. The first-order chi connectivity index (χ1) is 9.69. The summed E-state index contributed by atoms with van der Waals surface area (Å²) in [7, 11) is 0. The molecule has 0 aliphatic carbocycles. The number of ether oxygens (including phenoxy) is 1. The second-order valence-corrected chi connectivity index (χ2v) is 5.94. The average molecular weight is 274 g/mol. The van der Waals surface area contributed by atoms with Crippen LogP contribution in [0.2, 0.25) is 0 Å². The number of nitrogens with zero attached hydrogens (tertiary/aromatic N) is 1. The Morgan fingerprint density at radius 3 is 3.15 bits per heavy atom. The lowest BCUT2D eigenvalue weighted by Gasteiger charge is -2.38. The maximum absolute atomic E-state index is 12.7. The van der Waals surface area contributed by atoms with Gasteiger partial charge in [0, 0.05) is 31.1 Å². The van der Waals surface area contributed by atoms with Crippen LogP contribution in [0.5, 0.6) is 5.75 Å². The second-order valence-electron chi connectivity index (χ2n) is 5.94. The number of hydrogen-bond acceptors (Lipinski definition) is 3. The van der Waals surface area contributed by atoms with E-state index in [1.165, 1.54) is 0 Å². The molecule has 0 spiro atoms. The zero-order chi connectivity index (χ0) is 14.1. The molecule has 2 unspecified atom stereocenters. The number of piperidine rings is 1. The molecule has 1 saturated heterocycles. The summed E-state index contributed by atoms with van der Waals surface area (Å²) in [4.78, 5) is 14.7. The number of nitrogens with two attached hydrogens (primary N) is 1. The molecule has 2 N–H and O–H groups in total. The summed E-state index contributed by atoms with van der Waals surface area (Å²) in [6, 6.07) is 5.95. The molecule has 2 aliphatic rings. The van der Waals surface area contributed by atoms with Crippen molar-refractivity contribution in [3.05, 3.63) is 29.3 Å². The Balaban J connectivity index is 1.81. The van der Waals surface area contributed by atoms with Crippen molar-refractivity contribution in [3.8, 4) is 5.75 Å². The van der Waals surface area contributed by atoms with Gasteiger partial charge < -0.3 is 15.4 Å². The van der Waals surface area contributed by atoms with Gasteiger partial charge in [0.05, 0.1) is 6.61 Å². The van der Waals surface area contributed by atoms with Crippen LogP contribution in [0.15, 0.2) is 18.2 Å². The van der Waals surface area contributed by atoms with E-state index in [0.29, 0.717) is 12.5 Å². The number of benzene rings is 1. The minimum Gasteiger partial charge on any atom is -0.493 e. The van der Waals surface area contributed by atoms with Crippen LogP contribution in [-0.4, -0.2) is 36.5 Å². The monoisotopic (exact) mass is 274 g/mol. The number of carbonyl (C=O) groups excluding carboxylic acids is 1. The third-order valence-corrected chi connectivity index (χ3v) is 4.45. The lowest BCUT2D eigenvalue weighted by atomic mass is 9.91. The van der Waals surface area contributed by atoms with Crippen molar-refractivity contribution >= 4 is 5.91 Å². The normalized spacial score (nSPS) is 25.2. The Morgan fingerprint density at radius 1 is 1.50 bits per heavy atom. The van der Waals surface area contributed by atoms with Crippen molar-refractivity contribution in [2.75, 3.05) is 19.7 Å². The predicted molar refractivity (Wildman–Crippen MR) is 77.9 cm³/mol. The van der Waals surface area contributed by atoms with Crippen molar-refractivity contribution in [2.24, 2.45) is 11.7 Å². The number of rotatable bonds is 2. The van der Waals surface area contributed by atoms with Gasteiger partial charge in [-0.05, 0) is 42.5 Å². The summed E-state index contributed by atoms with van der Waals surface area (Å²) in [6.45, 7) is 4.32. The van der Waals surface area contributed by atoms with Crippen molar-refractivity contribution in [2.45, 2.75) is 32.2 Å². The summed E-state index contributed by atoms with van der Waals surface area (Å²) in [6.07, 6.45) is 2.97. The smallest absolute Gasteiger partial charge is 0.254 e. The Hall–Kier alpha value is -1.55. The molecule has 2 aliphatic heterocycles. The van der Waals surface area contributed by atoms with E-state index >= 15 is 0 Å². The second kappa shape index (κ2) is 5.44. The van der Waals surface area contributed by atoms with Crippen molar-refractivity contribution in [3.63, 3.8) is 0 Å². The SMILES string of the molecule is CC1CCN(C(=O)c2ccc3c(c2)CCO3)C(CN)C1. The van der Waals surface area contributed by atoms with Crippen LogP contribution in [0.3, 0.4) is 0 Å². The van der Waals surface area contributed by atoms with Crippen LogP contribution < -0.4 is 10.5 Å². The fraction of sp³-hybridized carbons (Fsp3) is 0.562. The first-order valence-electron chi connectivity index (χ1n) is 7.46. The molecule has 1 fully saturated rings. The number of carbonyl (C=O) groups is 1. The fourth-order valence-corrected chi connectivity index (χ4v) is 3.23. The third kappa shape index (κ3) is 2.40.